The van der Waals surface area contributed by atoms with Gasteiger partial charge in [0.2, 0.25) is 5.78 Å². The maximum absolute atomic E-state index is 12.9. The van der Waals surface area contributed by atoms with Crippen LogP contribution >= 0.6 is 15.9 Å². The molecule has 5 rings (SSSR count). The molecule has 2 aromatic rings. The average molecular weight is 471 g/mol. The molecule has 0 aliphatic carbocycles. The fraction of sp³-hybridized carbons (Fsp3) is 0.348. The molecule has 156 valence electrons. The maximum Gasteiger partial charge on any atom is 0.231 e. The normalized spacial score (nSPS) is 20.6. The average Bonchev–Trinajstić information content (AvgIpc) is 3.10. The van der Waals surface area contributed by atoms with E-state index in [4.69, 9.17) is 14.2 Å². The highest BCUT2D eigenvalue weighted by Crippen LogP contribution is 2.42. The summed E-state index contributed by atoms with van der Waals surface area (Å²) in [6, 6.07) is 11.5. The Kier molecular flexibility index (Phi) is 5.60. The third kappa shape index (κ3) is 3.90. The lowest BCUT2D eigenvalue weighted by molar-refractivity contribution is 0.0239. The van der Waals surface area contributed by atoms with Crippen molar-refractivity contribution in [3.8, 4) is 11.5 Å². The van der Waals surface area contributed by atoms with Crippen LogP contribution < -0.4 is 9.47 Å². The van der Waals surface area contributed by atoms with Crippen molar-refractivity contribution in [1.29, 1.82) is 0 Å². The molecule has 0 amide bonds. The van der Waals surface area contributed by atoms with Crippen LogP contribution in [0.2, 0.25) is 0 Å². The molecule has 7 heteroatoms. The van der Waals surface area contributed by atoms with Crippen molar-refractivity contribution < 1.29 is 19.0 Å². The Hall–Kier alpha value is -2.19. The van der Waals surface area contributed by atoms with Crippen molar-refractivity contribution in [2.45, 2.75) is 6.54 Å². The molecule has 0 N–H and O–H groups in total. The first kappa shape index (κ1) is 19.8. The van der Waals surface area contributed by atoms with Crippen LogP contribution in [-0.2, 0) is 11.3 Å². The molecule has 2 aromatic carbocycles. The van der Waals surface area contributed by atoms with Gasteiger partial charge in [0.05, 0.1) is 24.3 Å². The fourth-order valence-corrected chi connectivity index (χ4v) is 4.39. The highest BCUT2D eigenvalue weighted by Gasteiger charge is 2.33. The molecule has 1 fully saturated rings. The minimum absolute atomic E-state index is 0.0889. The lowest BCUT2D eigenvalue weighted by Gasteiger charge is -2.33. The number of benzene rings is 2. The molecule has 1 saturated heterocycles. The number of fused-ring (bicyclic) bond motifs is 3. The summed E-state index contributed by atoms with van der Waals surface area (Å²) in [6.45, 7) is 6.68. The molecular weight excluding hydrogens is 448 g/mol. The first-order valence-electron chi connectivity index (χ1n) is 10.2. The first-order chi connectivity index (χ1) is 14.7. The highest BCUT2D eigenvalue weighted by atomic mass is 79.9. The van der Waals surface area contributed by atoms with E-state index < -0.39 is 0 Å². The third-order valence-corrected chi connectivity index (χ3v) is 6.43. The molecule has 3 aliphatic rings. The van der Waals surface area contributed by atoms with Crippen LogP contribution in [0.15, 0.2) is 46.6 Å². The summed E-state index contributed by atoms with van der Waals surface area (Å²) in [5.74, 6) is 1.68. The van der Waals surface area contributed by atoms with Crippen LogP contribution in [0.5, 0.6) is 11.5 Å². The molecular formula is C23H23BrN2O4. The Bertz CT molecular complexity index is 1000. The van der Waals surface area contributed by atoms with E-state index in [1.54, 1.807) is 12.1 Å². The number of Topliss-reactive ketones (excluding diaryl/α,β-unsaturated/α-hetero) is 1. The monoisotopic (exact) mass is 470 g/mol. The first-order valence-corrected chi connectivity index (χ1v) is 11.0. The minimum atomic E-state index is -0.0889. The van der Waals surface area contributed by atoms with Gasteiger partial charge in [-0.15, -0.1) is 0 Å². The lowest BCUT2D eigenvalue weighted by Crippen LogP contribution is -2.43. The third-order valence-electron chi connectivity index (χ3n) is 5.71. The van der Waals surface area contributed by atoms with Gasteiger partial charge in [-0.1, -0.05) is 34.1 Å². The zero-order valence-corrected chi connectivity index (χ0v) is 18.2. The lowest BCUT2D eigenvalue weighted by atomic mass is 10.0. The topological polar surface area (TPSA) is 51.2 Å². The summed E-state index contributed by atoms with van der Waals surface area (Å²) < 4.78 is 18.4. The number of hydrogen-bond acceptors (Lipinski definition) is 6. The number of nitrogens with zero attached hydrogens (tertiary/aromatic N) is 2. The van der Waals surface area contributed by atoms with Gasteiger partial charge in [-0.25, -0.2) is 0 Å². The number of rotatable bonds is 4. The predicted molar refractivity (Wildman–Crippen MR) is 117 cm³/mol. The van der Waals surface area contributed by atoms with Crippen LogP contribution in [0.3, 0.4) is 0 Å². The number of morpholine rings is 1. The van der Waals surface area contributed by atoms with E-state index in [1.165, 1.54) is 0 Å². The number of halogens is 1. The molecule has 30 heavy (non-hydrogen) atoms. The second kappa shape index (κ2) is 8.51. The van der Waals surface area contributed by atoms with Crippen LogP contribution in [0, 0.1) is 0 Å². The number of allylic oxidation sites excluding steroid dienone is 1. The zero-order chi connectivity index (χ0) is 20.5. The smallest absolute Gasteiger partial charge is 0.231 e. The molecule has 3 aliphatic heterocycles. The molecule has 0 radical (unpaired) electrons. The molecule has 6 nitrogen and oxygen atoms in total. The number of ether oxygens (including phenoxy) is 3. The summed E-state index contributed by atoms with van der Waals surface area (Å²) in [7, 11) is 0. The van der Waals surface area contributed by atoms with Crippen LogP contribution in [0.1, 0.15) is 21.5 Å². The van der Waals surface area contributed by atoms with E-state index in [-0.39, 0.29) is 5.78 Å². The van der Waals surface area contributed by atoms with E-state index in [0.717, 1.165) is 60.7 Å². The van der Waals surface area contributed by atoms with Gasteiger partial charge in [-0.3, -0.25) is 14.6 Å². The van der Waals surface area contributed by atoms with E-state index in [2.05, 4.69) is 25.7 Å². The van der Waals surface area contributed by atoms with Crippen molar-refractivity contribution in [2.24, 2.45) is 0 Å². The summed E-state index contributed by atoms with van der Waals surface area (Å²) in [6.07, 6.45) is 1.79. The van der Waals surface area contributed by atoms with Gasteiger partial charge in [0, 0.05) is 37.2 Å². The van der Waals surface area contributed by atoms with Crippen molar-refractivity contribution in [3.05, 3.63) is 63.3 Å². The molecule has 0 unspecified atom stereocenters. The van der Waals surface area contributed by atoms with Gasteiger partial charge in [-0.05, 0) is 29.8 Å². The fourth-order valence-electron chi connectivity index (χ4n) is 3.99. The Morgan fingerprint density at radius 3 is 2.67 bits per heavy atom. The number of carbonyl (C=O) groups is 1. The maximum atomic E-state index is 12.9. The van der Waals surface area contributed by atoms with Gasteiger partial charge in [0.25, 0.3) is 0 Å². The molecule has 0 saturated carbocycles. The Morgan fingerprint density at radius 1 is 1.03 bits per heavy atom. The Labute approximate surface area is 184 Å². The van der Waals surface area contributed by atoms with Gasteiger partial charge in [0.15, 0.2) is 5.76 Å². The van der Waals surface area contributed by atoms with Crippen LogP contribution in [0.4, 0.5) is 0 Å². The van der Waals surface area contributed by atoms with Gasteiger partial charge in [0.1, 0.15) is 18.2 Å². The van der Waals surface area contributed by atoms with Crippen LogP contribution in [0.25, 0.3) is 6.08 Å². The van der Waals surface area contributed by atoms with Gasteiger partial charge < -0.3 is 14.2 Å². The molecule has 0 spiro atoms. The predicted octanol–water partition coefficient (Wildman–Crippen LogP) is 3.55. The van der Waals surface area contributed by atoms with Gasteiger partial charge in [-0.2, -0.15) is 0 Å². The number of ketones is 1. The summed E-state index contributed by atoms with van der Waals surface area (Å²) in [5, 5.41) is 0. The molecule has 3 heterocycles. The summed E-state index contributed by atoms with van der Waals surface area (Å²) >= 11 is 3.53. The Morgan fingerprint density at radius 2 is 1.83 bits per heavy atom. The second-order valence-corrected chi connectivity index (χ2v) is 8.51. The van der Waals surface area contributed by atoms with Crippen molar-refractivity contribution in [3.63, 3.8) is 0 Å². The SMILES string of the molecule is O=C1/C(=C/c2ccccc2Br)Oc2c1ccc1c2CN(CCN2CCOCC2)CO1. The van der Waals surface area contributed by atoms with Crippen LogP contribution in [-0.4, -0.2) is 61.7 Å². The number of hydrogen-bond donors (Lipinski definition) is 0. The summed E-state index contributed by atoms with van der Waals surface area (Å²) in [5.41, 5.74) is 2.46. The van der Waals surface area contributed by atoms with Crippen molar-refractivity contribution in [2.75, 3.05) is 46.1 Å². The largest absolute Gasteiger partial charge is 0.478 e. The second-order valence-electron chi connectivity index (χ2n) is 7.66. The van der Waals surface area contributed by atoms with Crippen molar-refractivity contribution in [1.82, 2.24) is 9.80 Å². The summed E-state index contributed by atoms with van der Waals surface area (Å²) in [4.78, 5) is 17.6. The van der Waals surface area contributed by atoms with Gasteiger partial charge >= 0.3 is 0 Å². The van der Waals surface area contributed by atoms with E-state index in [9.17, 15) is 4.79 Å². The van der Waals surface area contributed by atoms with Crippen molar-refractivity contribution >= 4 is 27.8 Å². The minimum Gasteiger partial charge on any atom is -0.478 e. The quantitative estimate of drug-likeness (QED) is 0.636. The standard InChI is InChI=1S/C23H23BrN2O4/c24-19-4-2-1-3-16(19)13-21-22(27)17-5-6-20-18(23(17)30-21)14-26(15-29-20)8-7-25-9-11-28-12-10-25/h1-6,13H,7-12,14-15H2/b21-13-. The van der Waals surface area contributed by atoms with E-state index in [1.807, 2.05) is 30.3 Å². The Balaban J connectivity index is 1.35. The molecule has 0 bridgehead atoms. The molecule has 0 atom stereocenters. The van der Waals surface area contributed by atoms with E-state index >= 15 is 0 Å². The molecule has 0 aromatic heterocycles. The van der Waals surface area contributed by atoms with E-state index in [0.29, 0.717) is 30.3 Å². The zero-order valence-electron chi connectivity index (χ0n) is 16.6. The number of carbonyl (C=O) groups excluding carboxylic acids is 1. The highest BCUT2D eigenvalue weighted by molar-refractivity contribution is 9.10.